The summed E-state index contributed by atoms with van der Waals surface area (Å²) < 4.78 is 16.3. The number of benzene rings is 1. The Balaban J connectivity index is 1.66. The largest absolute Gasteiger partial charge is 0.479 e. The molecule has 7 nitrogen and oxygen atoms in total. The van der Waals surface area contributed by atoms with Crippen LogP contribution >= 0.6 is 11.6 Å². The van der Waals surface area contributed by atoms with Gasteiger partial charge in [-0.15, -0.1) is 0 Å². The number of amides is 1. The third-order valence-corrected chi connectivity index (χ3v) is 5.96. The van der Waals surface area contributed by atoms with Crippen LogP contribution in [-0.2, 0) is 9.53 Å². The second-order valence-electron chi connectivity index (χ2n) is 7.69. The molecule has 1 aliphatic rings. The molecule has 2 heterocycles. The molecule has 0 N–H and O–H groups in total. The summed E-state index contributed by atoms with van der Waals surface area (Å²) in [6, 6.07) is 3.30. The zero-order chi connectivity index (χ0) is 21.8. The number of rotatable bonds is 7. The Morgan fingerprint density at radius 1 is 1.20 bits per heavy atom. The van der Waals surface area contributed by atoms with Gasteiger partial charge >= 0.3 is 5.63 Å². The number of hydrogen-bond acceptors (Lipinski definition) is 6. The minimum Gasteiger partial charge on any atom is -0.479 e. The quantitative estimate of drug-likeness (QED) is 0.490. The summed E-state index contributed by atoms with van der Waals surface area (Å²) in [7, 11) is 1.70. The van der Waals surface area contributed by atoms with Gasteiger partial charge < -0.3 is 18.8 Å². The van der Waals surface area contributed by atoms with E-state index in [0.29, 0.717) is 35.0 Å². The lowest BCUT2D eigenvalue weighted by Gasteiger charge is -2.35. The van der Waals surface area contributed by atoms with Crippen molar-refractivity contribution in [3.63, 3.8) is 0 Å². The monoisotopic (exact) mass is 436 g/mol. The van der Waals surface area contributed by atoms with Crippen LogP contribution in [0.25, 0.3) is 11.0 Å². The lowest BCUT2D eigenvalue weighted by molar-refractivity contribution is -0.139. The van der Waals surface area contributed by atoms with Crippen molar-refractivity contribution in [3.05, 3.63) is 38.7 Å². The molecule has 1 atom stereocenters. The van der Waals surface area contributed by atoms with E-state index in [-0.39, 0.29) is 11.5 Å². The molecule has 1 aromatic carbocycles. The molecule has 1 saturated heterocycles. The summed E-state index contributed by atoms with van der Waals surface area (Å²) in [5, 5.41) is 1.13. The topological polar surface area (TPSA) is 72.2 Å². The predicted molar refractivity (Wildman–Crippen MR) is 117 cm³/mol. The van der Waals surface area contributed by atoms with E-state index in [2.05, 4.69) is 4.90 Å². The molecule has 1 aromatic heterocycles. The van der Waals surface area contributed by atoms with Gasteiger partial charge in [0.25, 0.3) is 5.91 Å². The summed E-state index contributed by atoms with van der Waals surface area (Å²) in [6.07, 6.45) is 0.290. The van der Waals surface area contributed by atoms with Crippen LogP contribution in [0.4, 0.5) is 0 Å². The Morgan fingerprint density at radius 2 is 1.90 bits per heavy atom. The number of ether oxygens (including phenoxy) is 2. The van der Waals surface area contributed by atoms with Crippen LogP contribution in [0.1, 0.15) is 24.5 Å². The fourth-order valence-corrected chi connectivity index (χ4v) is 3.86. The Hall–Kier alpha value is -2.09. The van der Waals surface area contributed by atoms with Gasteiger partial charge in [0.15, 0.2) is 6.10 Å². The normalized spacial score (nSPS) is 16.1. The molecule has 0 aliphatic carbocycles. The molecule has 164 valence electrons. The van der Waals surface area contributed by atoms with Gasteiger partial charge in [0.1, 0.15) is 11.3 Å². The summed E-state index contributed by atoms with van der Waals surface area (Å²) in [5.41, 5.74) is 1.38. The first-order valence-electron chi connectivity index (χ1n) is 10.2. The first-order valence-corrected chi connectivity index (χ1v) is 10.6. The SMILES string of the molecule is COCCCN1CCN(C(=O)C(C)Oc2cc3oc(=O)c(C)c(C)c3cc2Cl)CC1. The van der Waals surface area contributed by atoms with Gasteiger partial charge in [0, 0.05) is 63.5 Å². The highest BCUT2D eigenvalue weighted by Crippen LogP contribution is 2.32. The van der Waals surface area contributed by atoms with Crippen molar-refractivity contribution in [1.29, 1.82) is 0 Å². The Labute approximate surface area is 181 Å². The smallest absolute Gasteiger partial charge is 0.339 e. The highest BCUT2D eigenvalue weighted by molar-refractivity contribution is 6.32. The Bertz CT molecular complexity index is 966. The average Bonchev–Trinajstić information content (AvgIpc) is 2.73. The maximum Gasteiger partial charge on any atom is 0.339 e. The van der Waals surface area contributed by atoms with Gasteiger partial charge in [0.05, 0.1) is 5.02 Å². The predicted octanol–water partition coefficient (Wildman–Crippen LogP) is 3.01. The molecular weight excluding hydrogens is 408 g/mol. The van der Waals surface area contributed by atoms with E-state index in [4.69, 9.17) is 25.5 Å². The minimum absolute atomic E-state index is 0.0794. The molecule has 30 heavy (non-hydrogen) atoms. The van der Waals surface area contributed by atoms with Crippen molar-refractivity contribution in [2.45, 2.75) is 33.3 Å². The van der Waals surface area contributed by atoms with Crippen molar-refractivity contribution in [2.75, 3.05) is 46.4 Å². The fourth-order valence-electron chi connectivity index (χ4n) is 3.66. The maximum atomic E-state index is 12.8. The van der Waals surface area contributed by atoms with E-state index in [9.17, 15) is 9.59 Å². The Morgan fingerprint density at radius 3 is 2.57 bits per heavy atom. The first kappa shape index (κ1) is 22.6. The van der Waals surface area contributed by atoms with E-state index in [1.165, 1.54) is 0 Å². The second kappa shape index (κ2) is 9.81. The van der Waals surface area contributed by atoms with E-state index >= 15 is 0 Å². The molecule has 1 unspecified atom stereocenters. The van der Waals surface area contributed by atoms with Crippen LogP contribution in [0.5, 0.6) is 5.75 Å². The van der Waals surface area contributed by atoms with E-state index in [1.54, 1.807) is 33.1 Å². The molecule has 2 aromatic rings. The van der Waals surface area contributed by atoms with Crippen LogP contribution < -0.4 is 10.4 Å². The van der Waals surface area contributed by atoms with Crippen LogP contribution in [0.15, 0.2) is 21.3 Å². The second-order valence-corrected chi connectivity index (χ2v) is 8.10. The molecule has 0 radical (unpaired) electrons. The number of fused-ring (bicyclic) bond motifs is 1. The standard InChI is InChI=1S/C22H29ClN2O5/c1-14-15(2)22(27)30-19-13-20(18(23)12-17(14)19)29-16(3)21(26)25-9-7-24(8-10-25)6-5-11-28-4/h12-13,16H,5-11H2,1-4H3. The van der Waals surface area contributed by atoms with Crippen molar-refractivity contribution in [1.82, 2.24) is 9.80 Å². The van der Waals surface area contributed by atoms with E-state index in [0.717, 1.165) is 43.6 Å². The summed E-state index contributed by atoms with van der Waals surface area (Å²) in [6.45, 7) is 10.0. The number of hydrogen-bond donors (Lipinski definition) is 0. The number of piperazine rings is 1. The highest BCUT2D eigenvalue weighted by atomic mass is 35.5. The van der Waals surface area contributed by atoms with E-state index < -0.39 is 6.10 Å². The number of methoxy groups -OCH3 is 1. The zero-order valence-corrected chi connectivity index (χ0v) is 18.8. The van der Waals surface area contributed by atoms with Crippen molar-refractivity contribution < 1.29 is 18.7 Å². The number of aryl methyl sites for hydroxylation is 1. The zero-order valence-electron chi connectivity index (χ0n) is 18.0. The lowest BCUT2D eigenvalue weighted by Crippen LogP contribution is -2.52. The summed E-state index contributed by atoms with van der Waals surface area (Å²) in [4.78, 5) is 29.0. The third kappa shape index (κ3) is 4.96. The van der Waals surface area contributed by atoms with Gasteiger partial charge in [0.2, 0.25) is 0 Å². The molecule has 1 fully saturated rings. The molecular formula is C22H29ClN2O5. The fraction of sp³-hybridized carbons (Fsp3) is 0.545. The van der Waals surface area contributed by atoms with Gasteiger partial charge in [-0.3, -0.25) is 9.69 Å². The third-order valence-electron chi connectivity index (χ3n) is 5.67. The minimum atomic E-state index is -0.696. The molecule has 0 spiro atoms. The lowest BCUT2D eigenvalue weighted by atomic mass is 10.1. The first-order chi connectivity index (χ1) is 14.3. The van der Waals surface area contributed by atoms with Gasteiger partial charge in [-0.25, -0.2) is 4.79 Å². The summed E-state index contributed by atoms with van der Waals surface area (Å²) in [5.74, 6) is 0.249. The van der Waals surface area contributed by atoms with Crippen LogP contribution in [0, 0.1) is 13.8 Å². The molecule has 3 rings (SSSR count). The molecule has 8 heteroatoms. The van der Waals surface area contributed by atoms with Crippen LogP contribution in [0.3, 0.4) is 0 Å². The van der Waals surface area contributed by atoms with Crippen molar-refractivity contribution in [2.24, 2.45) is 0 Å². The van der Waals surface area contributed by atoms with Crippen molar-refractivity contribution >= 4 is 28.5 Å². The van der Waals surface area contributed by atoms with E-state index in [1.807, 2.05) is 11.8 Å². The number of carbonyl (C=O) groups is 1. The number of nitrogens with zero attached hydrogens (tertiary/aromatic N) is 2. The molecule has 1 amide bonds. The Kier molecular flexibility index (Phi) is 7.39. The molecule has 1 aliphatic heterocycles. The van der Waals surface area contributed by atoms with Crippen molar-refractivity contribution in [3.8, 4) is 5.75 Å². The number of carbonyl (C=O) groups excluding carboxylic acids is 1. The molecule has 0 bridgehead atoms. The number of halogens is 1. The highest BCUT2D eigenvalue weighted by Gasteiger charge is 2.26. The van der Waals surface area contributed by atoms with Crippen LogP contribution in [0.2, 0.25) is 5.02 Å². The molecule has 0 saturated carbocycles. The van der Waals surface area contributed by atoms with Gasteiger partial charge in [-0.1, -0.05) is 11.6 Å². The summed E-state index contributed by atoms with van der Waals surface area (Å²) >= 11 is 6.39. The average molecular weight is 437 g/mol. The van der Waals surface area contributed by atoms with Crippen LogP contribution in [-0.4, -0.2) is 68.3 Å². The maximum absolute atomic E-state index is 12.8. The van der Waals surface area contributed by atoms with Gasteiger partial charge in [-0.2, -0.15) is 0 Å². The van der Waals surface area contributed by atoms with Gasteiger partial charge in [-0.05, 0) is 38.8 Å².